The van der Waals surface area contributed by atoms with Crippen LogP contribution < -0.4 is 5.73 Å². The number of carbonyl (C=O) groups is 3. The minimum atomic E-state index is -4.75. The second-order valence-corrected chi connectivity index (χ2v) is 16.3. The third kappa shape index (κ3) is 34.3. The molecule has 336 valence electrons. The molecule has 5 atom stereocenters. The Hall–Kier alpha value is -3.12. The van der Waals surface area contributed by atoms with E-state index < -0.39 is 57.7 Å². The van der Waals surface area contributed by atoms with E-state index in [9.17, 15) is 23.8 Å². The van der Waals surface area contributed by atoms with E-state index in [1.54, 1.807) is 0 Å². The average molecular weight is 850 g/mol. The molecule has 12 nitrogen and oxygen atoms in total. The van der Waals surface area contributed by atoms with Crippen molar-refractivity contribution in [3.8, 4) is 0 Å². The second-order valence-electron chi connectivity index (χ2n) is 14.9. The molecule has 0 aliphatic carbocycles. The van der Waals surface area contributed by atoms with Crippen LogP contribution in [0, 0.1) is 0 Å². The lowest BCUT2D eigenvalue weighted by Crippen LogP contribution is -2.34. The Labute approximate surface area is 355 Å². The van der Waals surface area contributed by atoms with Crippen LogP contribution in [0.4, 0.5) is 0 Å². The standard InChI is InChI=1S/C46H76NO11P/c1-3-5-7-9-11-12-13-14-15-16-17-18-19-20-21-22-23-27-31-35-44(48)54-37-40(38-55-59(52,53)56-39-41(47)46(50)51)57-45(49)36-32-28-24-26-30-34-43-42(58-43)33-29-25-10-8-6-4-2/h11-12,14-15,17-18,20-21,23,25,27,29,40-43H,3-10,13,16,19,22,24,26,28,30-39,47H2,1-2H3,(H,50,51)(H,52,53)/b12-11-,15-14-,18-17-,21-20-,27-23-,29-25-/t40-,41+,42?,43?/m1/s1. The molecule has 3 unspecified atom stereocenters. The van der Waals surface area contributed by atoms with Crippen molar-refractivity contribution >= 4 is 25.7 Å². The number of phosphoric ester groups is 1. The van der Waals surface area contributed by atoms with Gasteiger partial charge < -0.3 is 29.9 Å². The summed E-state index contributed by atoms with van der Waals surface area (Å²) in [6.45, 7) is 2.63. The Balaban J connectivity index is 2.35. The zero-order valence-electron chi connectivity index (χ0n) is 36.0. The number of aliphatic carboxylic acids is 1. The summed E-state index contributed by atoms with van der Waals surface area (Å²) >= 11 is 0. The highest BCUT2D eigenvalue weighted by molar-refractivity contribution is 7.47. The molecule has 0 radical (unpaired) electrons. The van der Waals surface area contributed by atoms with Crippen LogP contribution in [0.25, 0.3) is 0 Å². The van der Waals surface area contributed by atoms with Crippen molar-refractivity contribution in [2.24, 2.45) is 5.73 Å². The number of carboxylic acids is 1. The number of rotatable bonds is 39. The van der Waals surface area contributed by atoms with Gasteiger partial charge in [0.05, 0.1) is 25.4 Å². The van der Waals surface area contributed by atoms with E-state index in [1.165, 1.54) is 38.5 Å². The predicted octanol–water partition coefficient (Wildman–Crippen LogP) is 10.7. The zero-order chi connectivity index (χ0) is 43.2. The van der Waals surface area contributed by atoms with Gasteiger partial charge in [-0.05, 0) is 77.0 Å². The molecular formula is C46H76NO11P. The minimum Gasteiger partial charge on any atom is -0.480 e. The quantitative estimate of drug-likeness (QED) is 0.0175. The molecule has 1 aliphatic rings. The van der Waals surface area contributed by atoms with E-state index >= 15 is 0 Å². The molecule has 0 aromatic heterocycles. The molecule has 1 fully saturated rings. The predicted molar refractivity (Wildman–Crippen MR) is 235 cm³/mol. The number of carboxylic acid groups (broad SMARTS) is 1. The summed E-state index contributed by atoms with van der Waals surface area (Å²) < 4.78 is 38.4. The Morgan fingerprint density at radius 3 is 1.75 bits per heavy atom. The topological polar surface area (TPSA) is 184 Å². The van der Waals surface area contributed by atoms with Crippen molar-refractivity contribution in [2.45, 2.75) is 179 Å². The number of hydrogen-bond donors (Lipinski definition) is 3. The minimum absolute atomic E-state index is 0.0883. The van der Waals surface area contributed by atoms with E-state index in [4.69, 9.17) is 29.6 Å². The normalized spacial score (nSPS) is 17.8. The molecule has 0 saturated carbocycles. The molecule has 4 N–H and O–H groups in total. The van der Waals surface area contributed by atoms with Gasteiger partial charge in [0.25, 0.3) is 0 Å². The third-order valence-electron chi connectivity index (χ3n) is 9.36. The fraction of sp³-hybridized carbons (Fsp3) is 0.674. The van der Waals surface area contributed by atoms with Crippen molar-refractivity contribution in [3.63, 3.8) is 0 Å². The van der Waals surface area contributed by atoms with Crippen LogP contribution in [0.15, 0.2) is 72.9 Å². The Kier molecular flexibility index (Phi) is 33.5. The molecule has 1 rings (SSSR count). The van der Waals surface area contributed by atoms with E-state index in [2.05, 4.69) is 79.1 Å². The maximum atomic E-state index is 12.6. The molecule has 0 aromatic rings. The zero-order valence-corrected chi connectivity index (χ0v) is 36.9. The van der Waals surface area contributed by atoms with Crippen LogP contribution in [-0.4, -0.2) is 72.1 Å². The van der Waals surface area contributed by atoms with Crippen LogP contribution in [0.1, 0.15) is 155 Å². The van der Waals surface area contributed by atoms with Gasteiger partial charge in [0, 0.05) is 12.8 Å². The Morgan fingerprint density at radius 2 is 1.15 bits per heavy atom. The van der Waals surface area contributed by atoms with Crippen molar-refractivity contribution in [3.05, 3.63) is 72.9 Å². The van der Waals surface area contributed by atoms with Gasteiger partial charge in [0.15, 0.2) is 6.10 Å². The number of hydrogen-bond acceptors (Lipinski definition) is 10. The fourth-order valence-electron chi connectivity index (χ4n) is 5.76. The van der Waals surface area contributed by atoms with Gasteiger partial charge in [0.2, 0.25) is 0 Å². The number of allylic oxidation sites excluding steroid dienone is 11. The highest BCUT2D eigenvalue weighted by atomic mass is 31.2. The summed E-state index contributed by atoms with van der Waals surface area (Å²) in [5.41, 5.74) is 5.33. The van der Waals surface area contributed by atoms with Gasteiger partial charge in [-0.3, -0.25) is 23.4 Å². The average Bonchev–Trinajstić information content (AvgIpc) is 3.97. The molecule has 1 saturated heterocycles. The molecule has 1 aliphatic heterocycles. The first-order valence-electron chi connectivity index (χ1n) is 22.1. The highest BCUT2D eigenvalue weighted by Gasteiger charge is 2.36. The molecule has 0 bridgehead atoms. The summed E-state index contributed by atoms with van der Waals surface area (Å²) in [5.74, 6) is -2.52. The van der Waals surface area contributed by atoms with Gasteiger partial charge in [0.1, 0.15) is 12.6 Å². The maximum absolute atomic E-state index is 12.6. The lowest BCUT2D eigenvalue weighted by molar-refractivity contribution is -0.161. The molecule has 59 heavy (non-hydrogen) atoms. The highest BCUT2D eigenvalue weighted by Crippen LogP contribution is 2.43. The van der Waals surface area contributed by atoms with E-state index in [0.29, 0.717) is 25.0 Å². The first-order valence-corrected chi connectivity index (χ1v) is 23.6. The van der Waals surface area contributed by atoms with Crippen molar-refractivity contribution < 1.29 is 52.2 Å². The fourth-order valence-corrected chi connectivity index (χ4v) is 6.54. The SMILES string of the molecule is CCCCC/C=C\C/C=C\C/C=C\C/C=C\C/C=C\CCC(=O)OC[C@H](COP(=O)(O)OC[C@H](N)C(=O)O)OC(=O)CCCCCCCC1OC1C/C=C\CCCCC. The van der Waals surface area contributed by atoms with E-state index in [0.717, 1.165) is 77.0 Å². The maximum Gasteiger partial charge on any atom is 0.472 e. The largest absolute Gasteiger partial charge is 0.480 e. The summed E-state index contributed by atoms with van der Waals surface area (Å²) in [6.07, 6.45) is 45.7. The van der Waals surface area contributed by atoms with Gasteiger partial charge >= 0.3 is 25.7 Å². The van der Waals surface area contributed by atoms with Crippen LogP contribution in [-0.2, 0) is 42.2 Å². The number of phosphoric acid groups is 1. The number of ether oxygens (including phenoxy) is 3. The summed E-state index contributed by atoms with van der Waals surface area (Å²) in [7, 11) is -4.75. The van der Waals surface area contributed by atoms with Gasteiger partial charge in [-0.15, -0.1) is 0 Å². The number of nitrogens with two attached hydrogens (primary N) is 1. The lowest BCUT2D eigenvalue weighted by Gasteiger charge is -2.20. The third-order valence-corrected chi connectivity index (χ3v) is 10.3. The number of esters is 2. The van der Waals surface area contributed by atoms with Crippen molar-refractivity contribution in [1.82, 2.24) is 0 Å². The van der Waals surface area contributed by atoms with Crippen molar-refractivity contribution in [1.29, 1.82) is 0 Å². The first-order chi connectivity index (χ1) is 28.6. The summed E-state index contributed by atoms with van der Waals surface area (Å²) in [5, 5.41) is 8.89. The van der Waals surface area contributed by atoms with Gasteiger partial charge in [-0.25, -0.2) is 4.57 Å². The Morgan fingerprint density at radius 1 is 0.627 bits per heavy atom. The monoisotopic (exact) mass is 850 g/mol. The number of carbonyl (C=O) groups excluding carboxylic acids is 2. The van der Waals surface area contributed by atoms with Gasteiger partial charge in [-0.2, -0.15) is 0 Å². The van der Waals surface area contributed by atoms with Crippen molar-refractivity contribution in [2.75, 3.05) is 19.8 Å². The number of epoxide rings is 1. The van der Waals surface area contributed by atoms with Gasteiger partial charge in [-0.1, -0.05) is 138 Å². The van der Waals surface area contributed by atoms with Crippen LogP contribution in [0.3, 0.4) is 0 Å². The van der Waals surface area contributed by atoms with Crippen LogP contribution in [0.2, 0.25) is 0 Å². The molecule has 1 heterocycles. The lowest BCUT2D eigenvalue weighted by atomic mass is 10.1. The molecule has 0 aromatic carbocycles. The Bertz CT molecular complexity index is 1340. The van der Waals surface area contributed by atoms with Crippen LogP contribution >= 0.6 is 7.82 Å². The molecule has 0 amide bonds. The summed E-state index contributed by atoms with van der Waals surface area (Å²) in [6, 6.07) is -1.54. The molecule has 13 heteroatoms. The van der Waals surface area contributed by atoms with Crippen LogP contribution in [0.5, 0.6) is 0 Å². The first kappa shape index (κ1) is 53.9. The summed E-state index contributed by atoms with van der Waals surface area (Å²) in [4.78, 5) is 46.0. The molecular weight excluding hydrogens is 773 g/mol. The second kappa shape index (κ2) is 36.7. The smallest absolute Gasteiger partial charge is 0.472 e. The van der Waals surface area contributed by atoms with E-state index in [1.807, 2.05) is 12.2 Å². The van der Waals surface area contributed by atoms with E-state index in [-0.39, 0.29) is 12.8 Å². The molecule has 0 spiro atoms. The number of unbranched alkanes of at least 4 members (excludes halogenated alkanes) is 10.